The number of nitrogen functional groups attached to an aromatic ring is 1. The highest BCUT2D eigenvalue weighted by molar-refractivity contribution is 6.00. The van der Waals surface area contributed by atoms with Crippen LogP contribution in [0, 0.1) is 12.3 Å². The number of aromatic nitrogens is 4. The average molecular weight is 422 g/mol. The van der Waals surface area contributed by atoms with Crippen LogP contribution in [0.1, 0.15) is 54.9 Å². The summed E-state index contributed by atoms with van der Waals surface area (Å²) < 4.78 is 13.9. The summed E-state index contributed by atoms with van der Waals surface area (Å²) in [4.78, 5) is 21.5. The largest absolute Gasteiger partial charge is 0.486 e. The lowest BCUT2D eigenvalue weighted by Crippen LogP contribution is -2.29. The summed E-state index contributed by atoms with van der Waals surface area (Å²) >= 11 is 0. The molecule has 0 bridgehead atoms. The van der Waals surface area contributed by atoms with Crippen molar-refractivity contribution < 1.29 is 14.3 Å². The average Bonchev–Trinajstić information content (AvgIpc) is 3.04. The van der Waals surface area contributed by atoms with Gasteiger partial charge in [0.2, 0.25) is 0 Å². The van der Waals surface area contributed by atoms with Crippen LogP contribution in [0.2, 0.25) is 0 Å². The molecular formula is C23H27N5O3. The highest BCUT2D eigenvalue weighted by atomic mass is 16.5. The van der Waals surface area contributed by atoms with E-state index in [0.717, 1.165) is 47.3 Å². The van der Waals surface area contributed by atoms with Crippen molar-refractivity contribution in [1.29, 1.82) is 0 Å². The number of anilines is 1. The van der Waals surface area contributed by atoms with Gasteiger partial charge in [0.15, 0.2) is 11.5 Å². The predicted octanol–water partition coefficient (Wildman–Crippen LogP) is 3.42. The van der Waals surface area contributed by atoms with Crippen molar-refractivity contribution in [2.24, 2.45) is 5.41 Å². The van der Waals surface area contributed by atoms with Crippen LogP contribution in [-0.4, -0.2) is 44.8 Å². The smallest absolute Gasteiger partial charge is 0.171 e. The van der Waals surface area contributed by atoms with E-state index >= 15 is 0 Å². The molecule has 0 amide bonds. The fraction of sp³-hybridized carbons (Fsp3) is 0.478. The van der Waals surface area contributed by atoms with Crippen molar-refractivity contribution in [2.75, 3.05) is 18.9 Å². The Hall–Kier alpha value is -3.00. The van der Waals surface area contributed by atoms with Gasteiger partial charge in [-0.15, -0.1) is 0 Å². The van der Waals surface area contributed by atoms with Crippen molar-refractivity contribution in [2.45, 2.75) is 52.6 Å². The molecule has 8 nitrogen and oxygen atoms in total. The molecule has 1 saturated heterocycles. The van der Waals surface area contributed by atoms with Gasteiger partial charge in [0.05, 0.1) is 30.2 Å². The molecule has 1 aliphatic heterocycles. The molecule has 0 saturated carbocycles. The van der Waals surface area contributed by atoms with Gasteiger partial charge in [-0.1, -0.05) is 13.8 Å². The number of aryl methyl sites for hydroxylation is 1. The molecule has 3 heterocycles. The van der Waals surface area contributed by atoms with Crippen molar-refractivity contribution >= 4 is 22.5 Å². The molecule has 0 radical (unpaired) electrons. The first-order valence-corrected chi connectivity index (χ1v) is 10.7. The number of hydrogen-bond donors (Lipinski definition) is 1. The fourth-order valence-corrected chi connectivity index (χ4v) is 4.70. The molecule has 1 aromatic carbocycles. The van der Waals surface area contributed by atoms with Crippen LogP contribution in [0.15, 0.2) is 18.5 Å². The predicted molar refractivity (Wildman–Crippen MR) is 117 cm³/mol. The van der Waals surface area contributed by atoms with Gasteiger partial charge in [-0.25, -0.2) is 14.6 Å². The standard InChI is InChI=1S/C23H27N5O3/c1-13-19-17(10-23(2,3)11-18(19)29)28(27-13)16-5-4-15-20(25-12-26-22(15)24)21(16)31-14-6-8-30-9-7-14/h4-5,12,14H,6-11H2,1-3H3,(H2,24,25,26). The Morgan fingerprint density at radius 3 is 2.74 bits per heavy atom. The molecule has 2 aromatic heterocycles. The molecule has 2 aliphatic rings. The van der Waals surface area contributed by atoms with Gasteiger partial charge < -0.3 is 15.2 Å². The molecule has 5 rings (SSSR count). The summed E-state index contributed by atoms with van der Waals surface area (Å²) in [5, 5.41) is 5.52. The van der Waals surface area contributed by atoms with Crippen LogP contribution in [0.3, 0.4) is 0 Å². The first-order valence-electron chi connectivity index (χ1n) is 10.7. The SMILES string of the molecule is Cc1nn(-c2ccc3c(N)ncnc3c2OC2CCOCC2)c2c1C(=O)CC(C)(C)C2. The van der Waals surface area contributed by atoms with Crippen LogP contribution in [0.5, 0.6) is 5.75 Å². The minimum absolute atomic E-state index is 0.0137. The van der Waals surface area contributed by atoms with Crippen LogP contribution < -0.4 is 10.5 Å². The molecule has 0 atom stereocenters. The highest BCUT2D eigenvalue weighted by Crippen LogP contribution is 2.40. The van der Waals surface area contributed by atoms with Crippen LogP contribution in [0.4, 0.5) is 5.82 Å². The fourth-order valence-electron chi connectivity index (χ4n) is 4.70. The van der Waals surface area contributed by atoms with Gasteiger partial charge in [-0.2, -0.15) is 5.10 Å². The van der Waals surface area contributed by atoms with E-state index in [1.807, 2.05) is 23.7 Å². The van der Waals surface area contributed by atoms with E-state index in [1.165, 1.54) is 6.33 Å². The maximum atomic E-state index is 12.9. The van der Waals surface area contributed by atoms with Crippen LogP contribution >= 0.6 is 0 Å². The van der Waals surface area contributed by atoms with Crippen LogP contribution in [0.25, 0.3) is 16.6 Å². The lowest BCUT2D eigenvalue weighted by molar-refractivity contribution is 0.0260. The number of fused-ring (bicyclic) bond motifs is 2. The van der Waals surface area contributed by atoms with E-state index in [0.29, 0.717) is 36.7 Å². The number of hydrogen-bond acceptors (Lipinski definition) is 7. The third-order valence-corrected chi connectivity index (χ3v) is 6.17. The number of carbonyl (C=O) groups is 1. The number of carbonyl (C=O) groups excluding carboxylic acids is 1. The van der Waals surface area contributed by atoms with Crippen molar-refractivity contribution in [1.82, 2.24) is 19.7 Å². The third-order valence-electron chi connectivity index (χ3n) is 6.17. The maximum Gasteiger partial charge on any atom is 0.171 e. The molecule has 3 aromatic rings. The summed E-state index contributed by atoms with van der Waals surface area (Å²) in [5.74, 6) is 1.18. The zero-order valence-corrected chi connectivity index (χ0v) is 18.1. The van der Waals surface area contributed by atoms with Gasteiger partial charge in [0.25, 0.3) is 0 Å². The Bertz CT molecular complexity index is 1180. The van der Waals surface area contributed by atoms with Gasteiger partial charge in [-0.05, 0) is 30.9 Å². The first-order chi connectivity index (χ1) is 14.8. The number of ether oxygens (including phenoxy) is 2. The van der Waals surface area contributed by atoms with Gasteiger partial charge in [-0.3, -0.25) is 4.79 Å². The third kappa shape index (κ3) is 3.44. The number of ketones is 1. The summed E-state index contributed by atoms with van der Waals surface area (Å²) in [6, 6.07) is 3.84. The van der Waals surface area contributed by atoms with E-state index in [2.05, 4.69) is 23.8 Å². The van der Waals surface area contributed by atoms with E-state index in [4.69, 9.17) is 20.3 Å². The number of benzene rings is 1. The van der Waals surface area contributed by atoms with Crippen molar-refractivity contribution in [3.63, 3.8) is 0 Å². The van der Waals surface area contributed by atoms with Gasteiger partial charge >= 0.3 is 0 Å². The Kier molecular flexibility index (Phi) is 4.69. The molecule has 8 heteroatoms. The Morgan fingerprint density at radius 2 is 1.97 bits per heavy atom. The summed E-state index contributed by atoms with van der Waals surface area (Å²) in [7, 11) is 0. The van der Waals surface area contributed by atoms with Gasteiger partial charge in [0, 0.05) is 24.6 Å². The summed E-state index contributed by atoms with van der Waals surface area (Å²) in [6.45, 7) is 7.47. The summed E-state index contributed by atoms with van der Waals surface area (Å²) in [5.41, 5.74) is 9.83. The Morgan fingerprint density at radius 1 is 1.19 bits per heavy atom. The minimum Gasteiger partial charge on any atom is -0.486 e. The van der Waals surface area contributed by atoms with Crippen molar-refractivity contribution in [3.8, 4) is 11.4 Å². The topological polar surface area (TPSA) is 105 Å². The second-order valence-corrected chi connectivity index (χ2v) is 9.26. The Labute approximate surface area is 180 Å². The van der Waals surface area contributed by atoms with E-state index in [-0.39, 0.29) is 17.3 Å². The zero-order valence-electron chi connectivity index (χ0n) is 18.1. The lowest BCUT2D eigenvalue weighted by atomic mass is 9.75. The lowest BCUT2D eigenvalue weighted by Gasteiger charge is -2.30. The second kappa shape index (κ2) is 7.30. The number of rotatable bonds is 3. The normalized spacial score (nSPS) is 18.9. The van der Waals surface area contributed by atoms with E-state index < -0.39 is 0 Å². The quantitative estimate of drug-likeness (QED) is 0.691. The zero-order chi connectivity index (χ0) is 21.8. The molecule has 162 valence electrons. The molecule has 0 unspecified atom stereocenters. The number of nitrogens with zero attached hydrogens (tertiary/aromatic N) is 4. The molecule has 1 fully saturated rings. The second-order valence-electron chi connectivity index (χ2n) is 9.26. The molecule has 0 spiro atoms. The number of nitrogens with two attached hydrogens (primary N) is 1. The van der Waals surface area contributed by atoms with E-state index in [1.54, 1.807) is 0 Å². The molecule has 31 heavy (non-hydrogen) atoms. The first kappa shape index (κ1) is 19.9. The van der Waals surface area contributed by atoms with Gasteiger partial charge in [0.1, 0.15) is 29.5 Å². The monoisotopic (exact) mass is 421 g/mol. The van der Waals surface area contributed by atoms with Crippen molar-refractivity contribution in [3.05, 3.63) is 35.4 Å². The number of Topliss-reactive ketones (excluding diaryl/α,β-unsaturated/α-hetero) is 1. The van der Waals surface area contributed by atoms with E-state index in [9.17, 15) is 4.79 Å². The minimum atomic E-state index is -0.126. The molecule has 2 N–H and O–H groups in total. The molecular weight excluding hydrogens is 394 g/mol. The summed E-state index contributed by atoms with van der Waals surface area (Å²) in [6.07, 6.45) is 4.36. The molecule has 1 aliphatic carbocycles. The van der Waals surface area contributed by atoms with Crippen LogP contribution in [-0.2, 0) is 11.2 Å². The Balaban J connectivity index is 1.72. The maximum absolute atomic E-state index is 12.9. The highest BCUT2D eigenvalue weighted by Gasteiger charge is 2.36.